The summed E-state index contributed by atoms with van der Waals surface area (Å²) in [5, 5.41) is 0. The molecule has 0 spiro atoms. The van der Waals surface area contributed by atoms with Gasteiger partial charge >= 0.3 is 29.8 Å². The molecule has 0 aliphatic carbocycles. The number of benzene rings is 5. The first kappa shape index (κ1) is 35.2. The van der Waals surface area contributed by atoms with Gasteiger partial charge in [-0.3, -0.25) is 0 Å². The van der Waals surface area contributed by atoms with E-state index in [1.807, 2.05) is 0 Å². The molecule has 0 amide bonds. The van der Waals surface area contributed by atoms with Crippen LogP contribution in [0.1, 0.15) is 51.8 Å². The highest BCUT2D eigenvalue weighted by molar-refractivity contribution is 5.92. The molecule has 1 saturated heterocycles. The quantitative estimate of drug-likeness (QED) is 0.117. The molecule has 0 saturated carbocycles. The summed E-state index contributed by atoms with van der Waals surface area (Å²) in [6, 6.07) is 39.8. The molecule has 1 aliphatic rings. The molecule has 0 N–H and O–H groups in total. The minimum Gasteiger partial charge on any atom is -0.455 e. The molecule has 1 heterocycles. The molecule has 262 valence electrons. The van der Waals surface area contributed by atoms with Crippen molar-refractivity contribution in [1.82, 2.24) is 0 Å². The lowest BCUT2D eigenvalue weighted by atomic mass is 9.95. The van der Waals surface area contributed by atoms with Crippen LogP contribution in [-0.4, -0.2) is 67.2 Å². The van der Waals surface area contributed by atoms with E-state index < -0.39 is 67.2 Å². The minimum atomic E-state index is -2.43. The van der Waals surface area contributed by atoms with Gasteiger partial charge in [0.2, 0.25) is 6.10 Å². The van der Waals surface area contributed by atoms with Gasteiger partial charge in [0.15, 0.2) is 18.8 Å². The normalized spacial score (nSPS) is 19.3. The van der Waals surface area contributed by atoms with Gasteiger partial charge in [0.25, 0.3) is 5.79 Å². The van der Waals surface area contributed by atoms with E-state index in [0.29, 0.717) is 0 Å². The zero-order chi connectivity index (χ0) is 36.3. The van der Waals surface area contributed by atoms with E-state index in [2.05, 4.69) is 0 Å². The first-order valence-corrected chi connectivity index (χ1v) is 16.3. The van der Waals surface area contributed by atoms with Crippen LogP contribution in [0.4, 0.5) is 0 Å². The van der Waals surface area contributed by atoms with Gasteiger partial charge in [-0.05, 0) is 60.7 Å². The number of carbonyl (C=O) groups excluding carboxylic acids is 5. The van der Waals surface area contributed by atoms with E-state index in [1.54, 1.807) is 91.0 Å². The molecular formula is C41H32O11. The molecule has 1 fully saturated rings. The Morgan fingerprint density at radius 1 is 0.481 bits per heavy atom. The highest BCUT2D eigenvalue weighted by Crippen LogP contribution is 2.36. The van der Waals surface area contributed by atoms with Crippen LogP contribution in [0.15, 0.2) is 152 Å². The van der Waals surface area contributed by atoms with Gasteiger partial charge in [0.05, 0.1) is 34.4 Å². The third kappa shape index (κ3) is 8.40. The van der Waals surface area contributed by atoms with Crippen molar-refractivity contribution in [3.8, 4) is 0 Å². The number of carbonyl (C=O) groups is 5. The van der Waals surface area contributed by atoms with Crippen LogP contribution in [-0.2, 0) is 28.4 Å². The maximum Gasteiger partial charge on any atom is 0.340 e. The Kier molecular flexibility index (Phi) is 11.1. The van der Waals surface area contributed by atoms with E-state index in [4.69, 9.17) is 28.4 Å². The van der Waals surface area contributed by atoms with Crippen LogP contribution in [0.25, 0.3) is 0 Å². The maximum absolute atomic E-state index is 13.8. The smallest absolute Gasteiger partial charge is 0.340 e. The van der Waals surface area contributed by atoms with Crippen molar-refractivity contribution in [3.05, 3.63) is 179 Å². The lowest BCUT2D eigenvalue weighted by Gasteiger charge is -2.46. The summed E-state index contributed by atoms with van der Waals surface area (Å²) >= 11 is 0. The van der Waals surface area contributed by atoms with Crippen LogP contribution in [0.2, 0.25) is 0 Å². The average Bonchev–Trinajstić information content (AvgIpc) is 3.20. The second kappa shape index (κ2) is 16.4. The molecule has 0 bridgehead atoms. The fourth-order valence-corrected chi connectivity index (χ4v) is 5.40. The number of esters is 5. The SMILES string of the molecule is O=C(OC[C@@]1(OC(=O)c2ccccc2)OC[C@@H](OC(=O)c2ccccc2)[C@@H](OC(=O)c2ccccc2)[C@@H]1OC(=O)c1ccccc1)c1ccccc1. The van der Waals surface area contributed by atoms with E-state index in [-0.39, 0.29) is 27.8 Å². The topological polar surface area (TPSA) is 141 Å². The second-order valence-electron chi connectivity index (χ2n) is 11.6. The number of ether oxygens (including phenoxy) is 6. The van der Waals surface area contributed by atoms with Crippen molar-refractivity contribution in [1.29, 1.82) is 0 Å². The average molecular weight is 701 g/mol. The van der Waals surface area contributed by atoms with Crippen LogP contribution in [0.3, 0.4) is 0 Å². The summed E-state index contributed by atoms with van der Waals surface area (Å²) in [4.78, 5) is 67.9. The molecule has 5 aromatic rings. The fourth-order valence-electron chi connectivity index (χ4n) is 5.40. The fraction of sp³-hybridized carbons (Fsp3) is 0.146. The van der Waals surface area contributed by atoms with Crippen LogP contribution in [0.5, 0.6) is 0 Å². The maximum atomic E-state index is 13.8. The molecule has 11 heteroatoms. The highest BCUT2D eigenvalue weighted by atomic mass is 16.8. The first-order valence-electron chi connectivity index (χ1n) is 16.3. The molecule has 11 nitrogen and oxygen atoms in total. The summed E-state index contributed by atoms with van der Waals surface area (Å²) in [7, 11) is 0. The van der Waals surface area contributed by atoms with Gasteiger partial charge in [0.1, 0.15) is 0 Å². The predicted octanol–water partition coefficient (Wildman–Crippen LogP) is 6.10. The number of hydrogen-bond acceptors (Lipinski definition) is 11. The Labute approximate surface area is 298 Å². The van der Waals surface area contributed by atoms with Crippen LogP contribution in [0, 0.1) is 0 Å². The van der Waals surface area contributed by atoms with E-state index in [9.17, 15) is 24.0 Å². The summed E-state index contributed by atoms with van der Waals surface area (Å²) in [5.41, 5.74) is 0.643. The minimum absolute atomic E-state index is 0.0865. The first-order chi connectivity index (χ1) is 25.3. The molecule has 5 aromatic carbocycles. The number of hydrogen-bond donors (Lipinski definition) is 0. The molecule has 1 aliphatic heterocycles. The van der Waals surface area contributed by atoms with Crippen molar-refractivity contribution in [3.63, 3.8) is 0 Å². The summed E-state index contributed by atoms with van der Waals surface area (Å²) < 4.78 is 35.8. The zero-order valence-corrected chi connectivity index (χ0v) is 27.6. The summed E-state index contributed by atoms with van der Waals surface area (Å²) in [6.45, 7) is -1.37. The molecular weight excluding hydrogens is 668 g/mol. The second-order valence-corrected chi connectivity index (χ2v) is 11.6. The largest absolute Gasteiger partial charge is 0.455 e. The van der Waals surface area contributed by atoms with E-state index in [1.165, 1.54) is 60.7 Å². The highest BCUT2D eigenvalue weighted by Gasteiger charge is 2.60. The molecule has 52 heavy (non-hydrogen) atoms. The van der Waals surface area contributed by atoms with Gasteiger partial charge in [-0.1, -0.05) is 91.0 Å². The van der Waals surface area contributed by atoms with E-state index in [0.717, 1.165) is 0 Å². The van der Waals surface area contributed by atoms with Gasteiger partial charge in [-0.15, -0.1) is 0 Å². The van der Waals surface area contributed by atoms with Gasteiger partial charge in [-0.25, -0.2) is 24.0 Å². The van der Waals surface area contributed by atoms with Crippen molar-refractivity contribution in [2.45, 2.75) is 24.1 Å². The van der Waals surface area contributed by atoms with Crippen LogP contribution < -0.4 is 0 Å². The monoisotopic (exact) mass is 700 g/mol. The third-order valence-corrected chi connectivity index (χ3v) is 8.04. The van der Waals surface area contributed by atoms with Gasteiger partial charge in [-0.2, -0.15) is 0 Å². The van der Waals surface area contributed by atoms with Gasteiger partial charge < -0.3 is 28.4 Å². The molecule has 0 aromatic heterocycles. The van der Waals surface area contributed by atoms with Gasteiger partial charge in [0, 0.05) is 0 Å². The summed E-state index contributed by atoms with van der Waals surface area (Å²) in [5.74, 6) is -6.79. The Hall–Kier alpha value is -6.59. The van der Waals surface area contributed by atoms with Crippen LogP contribution >= 0.6 is 0 Å². The lowest BCUT2D eigenvalue weighted by molar-refractivity contribution is -0.325. The molecule has 6 rings (SSSR count). The Morgan fingerprint density at radius 3 is 1.29 bits per heavy atom. The third-order valence-electron chi connectivity index (χ3n) is 8.04. The molecule has 0 unspecified atom stereocenters. The Bertz CT molecular complexity index is 1990. The molecule has 4 atom stereocenters. The standard InChI is InChI=1S/C41H32O11/c42-36(28-16-6-1-7-17-28)47-27-41(52-40(46)32-24-14-5-15-25-32)35(51-39(45)31-22-12-4-13-23-31)34(50-38(44)30-20-10-3-11-21-30)33(26-48-41)49-37(43)29-18-8-2-9-19-29/h1-25,33-35H,26-27H2/t33-,34-,35+,41+/m1/s1. The lowest BCUT2D eigenvalue weighted by Crippen LogP contribution is -2.67. The Morgan fingerprint density at radius 2 is 0.846 bits per heavy atom. The zero-order valence-electron chi connectivity index (χ0n) is 27.6. The molecule has 0 radical (unpaired) electrons. The van der Waals surface area contributed by atoms with Crippen molar-refractivity contribution in [2.24, 2.45) is 0 Å². The van der Waals surface area contributed by atoms with Crippen molar-refractivity contribution < 1.29 is 52.4 Å². The Balaban J connectivity index is 1.44. The van der Waals surface area contributed by atoms with Crippen molar-refractivity contribution >= 4 is 29.8 Å². The predicted molar refractivity (Wildman–Crippen MR) is 184 cm³/mol. The summed E-state index contributed by atoms with van der Waals surface area (Å²) in [6.07, 6.45) is -4.95. The van der Waals surface area contributed by atoms with Crippen molar-refractivity contribution in [2.75, 3.05) is 13.2 Å². The number of rotatable bonds is 11. The van der Waals surface area contributed by atoms with E-state index >= 15 is 0 Å².